The van der Waals surface area contributed by atoms with Crippen molar-refractivity contribution in [2.24, 2.45) is 0 Å². The molecule has 0 bridgehead atoms. The lowest BCUT2D eigenvalue weighted by atomic mass is 10.2. The van der Waals surface area contributed by atoms with Crippen LogP contribution >= 0.6 is 11.6 Å². The summed E-state index contributed by atoms with van der Waals surface area (Å²) in [5, 5.41) is 0.437. The number of carbonyl (C=O) groups excluding carboxylic acids is 1. The van der Waals surface area contributed by atoms with Crippen molar-refractivity contribution in [2.75, 3.05) is 5.01 Å². The number of amides is 1. The molecule has 0 spiro atoms. The summed E-state index contributed by atoms with van der Waals surface area (Å²) in [6, 6.07) is 4.60. The lowest BCUT2D eigenvalue weighted by molar-refractivity contribution is -0.138. The first-order valence-electron chi connectivity index (χ1n) is 6.89. The van der Waals surface area contributed by atoms with Crippen molar-refractivity contribution in [3.63, 3.8) is 0 Å². The maximum atomic E-state index is 12.7. The summed E-state index contributed by atoms with van der Waals surface area (Å²) < 4.78 is 75.9. The van der Waals surface area contributed by atoms with E-state index in [0.29, 0.717) is 12.3 Å². The van der Waals surface area contributed by atoms with Crippen molar-refractivity contribution in [3.8, 4) is 0 Å². The van der Waals surface area contributed by atoms with Crippen molar-refractivity contribution in [1.29, 1.82) is 0 Å². The first kappa shape index (κ1) is 20.0. The molecule has 0 fully saturated rings. The molecule has 0 unspecified atom stereocenters. The van der Waals surface area contributed by atoms with E-state index in [-0.39, 0.29) is 29.4 Å². The minimum Gasteiger partial charge on any atom is -0.277 e. The molecule has 2 aromatic rings. The molecule has 1 aromatic carbocycles. The molecule has 0 saturated carbocycles. The zero-order valence-corrected chi connectivity index (χ0v) is 13.5. The van der Waals surface area contributed by atoms with Gasteiger partial charge in [-0.2, -0.15) is 26.3 Å². The number of nitrogens with zero attached hydrogens (tertiary/aromatic N) is 2. The van der Waals surface area contributed by atoms with Crippen molar-refractivity contribution in [3.05, 3.63) is 58.4 Å². The largest absolute Gasteiger partial charge is 0.417 e. The molecule has 4 nitrogen and oxygen atoms in total. The zero-order chi connectivity index (χ0) is 19.5. The Morgan fingerprint density at radius 3 is 2.27 bits per heavy atom. The summed E-state index contributed by atoms with van der Waals surface area (Å²) in [6.45, 7) is -0.286. The van der Waals surface area contributed by atoms with Crippen LogP contribution in [-0.4, -0.2) is 11.4 Å². The van der Waals surface area contributed by atoms with E-state index in [2.05, 4.69) is 10.4 Å². The number of nitrogens with one attached hydrogen (secondary N) is 1. The Hall–Kier alpha value is -2.33. The van der Waals surface area contributed by atoms with Crippen LogP contribution in [0.3, 0.4) is 0 Å². The van der Waals surface area contributed by atoms with E-state index in [4.69, 9.17) is 11.6 Å². The highest BCUT2D eigenvalue weighted by atomic mass is 35.5. The van der Waals surface area contributed by atoms with E-state index in [1.807, 2.05) is 0 Å². The van der Waals surface area contributed by atoms with Crippen LogP contribution < -0.4 is 10.4 Å². The molecular formula is C15H10ClF6N3O. The second kappa shape index (κ2) is 7.50. The Morgan fingerprint density at radius 1 is 1.08 bits per heavy atom. The van der Waals surface area contributed by atoms with Crippen molar-refractivity contribution < 1.29 is 31.1 Å². The van der Waals surface area contributed by atoms with Crippen LogP contribution in [-0.2, 0) is 23.7 Å². The van der Waals surface area contributed by atoms with Gasteiger partial charge in [0.15, 0.2) is 0 Å². The number of alkyl halides is 6. The summed E-state index contributed by atoms with van der Waals surface area (Å²) in [6.07, 6.45) is -8.43. The van der Waals surface area contributed by atoms with E-state index in [0.717, 1.165) is 23.2 Å². The third kappa shape index (κ3) is 4.85. The average Bonchev–Trinajstić information content (AvgIpc) is 2.55. The third-order valence-corrected chi connectivity index (χ3v) is 3.55. The van der Waals surface area contributed by atoms with Crippen LogP contribution in [0.2, 0.25) is 5.02 Å². The van der Waals surface area contributed by atoms with Gasteiger partial charge in [-0.05, 0) is 24.3 Å². The van der Waals surface area contributed by atoms with Gasteiger partial charge in [-0.15, -0.1) is 0 Å². The van der Waals surface area contributed by atoms with E-state index in [1.165, 1.54) is 6.07 Å². The standard InChI is InChI=1S/C15H10ClF6N3O/c16-12-5-10(15(20,21)22)6-23-13(12)7-24-25(8-26)11-3-1-2-9(4-11)14(17,18)19/h1-6,8,24H,7H2. The molecule has 0 radical (unpaired) electrons. The number of aromatic nitrogens is 1. The Labute approximate surface area is 148 Å². The highest BCUT2D eigenvalue weighted by Crippen LogP contribution is 2.32. The predicted molar refractivity (Wildman–Crippen MR) is 81.1 cm³/mol. The van der Waals surface area contributed by atoms with Gasteiger partial charge in [0.25, 0.3) is 0 Å². The van der Waals surface area contributed by atoms with Crippen LogP contribution in [0.4, 0.5) is 32.0 Å². The molecule has 0 aliphatic heterocycles. The number of hydrogen-bond donors (Lipinski definition) is 1. The SMILES string of the molecule is O=CN(NCc1ncc(C(F)(F)F)cc1Cl)c1cccc(C(F)(F)F)c1. The van der Waals surface area contributed by atoms with E-state index < -0.39 is 23.5 Å². The molecule has 0 aliphatic rings. The van der Waals surface area contributed by atoms with Gasteiger partial charge in [0.2, 0.25) is 6.41 Å². The lowest BCUT2D eigenvalue weighted by Crippen LogP contribution is -2.36. The Bertz CT molecular complexity index is 794. The van der Waals surface area contributed by atoms with Gasteiger partial charge in [0, 0.05) is 6.20 Å². The molecule has 1 N–H and O–H groups in total. The van der Waals surface area contributed by atoms with Gasteiger partial charge in [0.1, 0.15) is 0 Å². The minimum atomic E-state index is -4.62. The fourth-order valence-corrected chi connectivity index (χ4v) is 2.17. The monoisotopic (exact) mass is 397 g/mol. The second-order valence-corrected chi connectivity index (χ2v) is 5.42. The van der Waals surface area contributed by atoms with Crippen molar-refractivity contribution in [1.82, 2.24) is 10.4 Å². The van der Waals surface area contributed by atoms with Gasteiger partial charge >= 0.3 is 12.4 Å². The molecule has 0 saturated heterocycles. The Morgan fingerprint density at radius 2 is 1.73 bits per heavy atom. The Kier molecular flexibility index (Phi) is 5.77. The summed E-state index contributed by atoms with van der Waals surface area (Å²) in [7, 11) is 0. The van der Waals surface area contributed by atoms with Gasteiger partial charge in [-0.25, -0.2) is 10.4 Å². The number of halogens is 7. The molecule has 0 atom stereocenters. The first-order chi connectivity index (χ1) is 12.0. The first-order valence-corrected chi connectivity index (χ1v) is 7.27. The zero-order valence-electron chi connectivity index (χ0n) is 12.7. The molecule has 11 heteroatoms. The highest BCUT2D eigenvalue weighted by Gasteiger charge is 2.32. The van der Waals surface area contributed by atoms with Gasteiger partial charge < -0.3 is 0 Å². The molecule has 140 valence electrons. The van der Waals surface area contributed by atoms with Crippen LogP contribution in [0.15, 0.2) is 36.5 Å². The van der Waals surface area contributed by atoms with Crippen LogP contribution in [0, 0.1) is 0 Å². The number of hydrazine groups is 1. The second-order valence-electron chi connectivity index (χ2n) is 5.01. The molecule has 1 aromatic heterocycles. The van der Waals surface area contributed by atoms with Crippen molar-refractivity contribution >= 4 is 23.7 Å². The van der Waals surface area contributed by atoms with E-state index >= 15 is 0 Å². The lowest BCUT2D eigenvalue weighted by Gasteiger charge is -2.20. The maximum Gasteiger partial charge on any atom is 0.417 e. The fourth-order valence-electron chi connectivity index (χ4n) is 1.93. The molecular weight excluding hydrogens is 388 g/mol. The van der Waals surface area contributed by atoms with Gasteiger partial charge in [-0.3, -0.25) is 9.78 Å². The van der Waals surface area contributed by atoms with Gasteiger partial charge in [0.05, 0.1) is 34.1 Å². The average molecular weight is 398 g/mol. The minimum absolute atomic E-state index is 0.0153. The molecule has 26 heavy (non-hydrogen) atoms. The third-order valence-electron chi connectivity index (χ3n) is 3.22. The van der Waals surface area contributed by atoms with Crippen molar-refractivity contribution in [2.45, 2.75) is 18.9 Å². The molecule has 2 rings (SSSR count). The smallest absolute Gasteiger partial charge is 0.277 e. The maximum absolute atomic E-state index is 12.7. The van der Waals surface area contributed by atoms with E-state index in [9.17, 15) is 31.1 Å². The molecule has 0 aliphatic carbocycles. The topological polar surface area (TPSA) is 45.2 Å². The Balaban J connectivity index is 2.16. The van der Waals surface area contributed by atoms with Gasteiger partial charge in [-0.1, -0.05) is 17.7 Å². The van der Waals surface area contributed by atoms with Crippen LogP contribution in [0.1, 0.15) is 16.8 Å². The quantitative estimate of drug-likeness (QED) is 0.461. The predicted octanol–water partition coefficient (Wildman–Crippen LogP) is 4.44. The number of hydrogen-bond acceptors (Lipinski definition) is 3. The summed E-state index contributed by atoms with van der Waals surface area (Å²) in [5.41, 5.74) is 0.312. The van der Waals surface area contributed by atoms with Crippen LogP contribution in [0.25, 0.3) is 0 Å². The number of benzene rings is 1. The normalized spacial score (nSPS) is 12.1. The number of pyridine rings is 1. The number of carbonyl (C=O) groups is 1. The number of rotatable bonds is 5. The molecule has 1 heterocycles. The van der Waals surface area contributed by atoms with Crippen LogP contribution in [0.5, 0.6) is 0 Å². The summed E-state index contributed by atoms with van der Waals surface area (Å²) >= 11 is 5.74. The van der Waals surface area contributed by atoms with E-state index in [1.54, 1.807) is 0 Å². The summed E-state index contributed by atoms with van der Waals surface area (Å²) in [4.78, 5) is 14.7. The summed E-state index contributed by atoms with van der Waals surface area (Å²) in [5.74, 6) is 0. The number of anilines is 1. The highest BCUT2D eigenvalue weighted by molar-refractivity contribution is 6.31. The molecule has 1 amide bonds. The fraction of sp³-hybridized carbons (Fsp3) is 0.200.